The van der Waals surface area contributed by atoms with Gasteiger partial charge in [-0.2, -0.15) is 0 Å². The molecule has 0 heterocycles. The van der Waals surface area contributed by atoms with Gasteiger partial charge >= 0.3 is 6.03 Å². The molecule has 0 aliphatic rings. The van der Waals surface area contributed by atoms with E-state index in [1.165, 1.54) is 24.3 Å². The molecule has 23 heavy (non-hydrogen) atoms. The maximum atomic E-state index is 12.7. The molecule has 0 aliphatic heterocycles. The van der Waals surface area contributed by atoms with Crippen LogP contribution in [0.4, 0.5) is 9.18 Å². The number of nitrogens with one attached hydrogen (secondary N) is 3. The molecule has 0 saturated heterocycles. The van der Waals surface area contributed by atoms with Gasteiger partial charge in [-0.3, -0.25) is 10.2 Å². The second-order valence-corrected chi connectivity index (χ2v) is 5.16. The van der Waals surface area contributed by atoms with Gasteiger partial charge in [0.25, 0.3) is 5.91 Å². The molecule has 5 nitrogen and oxygen atoms in total. The third kappa shape index (κ3) is 5.60. The monoisotopic (exact) mass is 335 g/mol. The van der Waals surface area contributed by atoms with Crippen LogP contribution in [0.2, 0.25) is 5.02 Å². The van der Waals surface area contributed by atoms with Crippen LogP contribution in [0.25, 0.3) is 0 Å². The van der Waals surface area contributed by atoms with Crippen LogP contribution in [-0.2, 0) is 6.42 Å². The maximum Gasteiger partial charge on any atom is 0.333 e. The van der Waals surface area contributed by atoms with Gasteiger partial charge in [0.15, 0.2) is 0 Å². The van der Waals surface area contributed by atoms with Gasteiger partial charge in [-0.1, -0.05) is 23.7 Å². The number of halogens is 2. The Kier molecular flexibility index (Phi) is 5.94. The van der Waals surface area contributed by atoms with Crippen LogP contribution < -0.4 is 16.2 Å². The average molecular weight is 336 g/mol. The predicted octanol–water partition coefficient (Wildman–Crippen LogP) is 2.67. The van der Waals surface area contributed by atoms with Gasteiger partial charge in [-0.25, -0.2) is 14.6 Å². The van der Waals surface area contributed by atoms with Gasteiger partial charge < -0.3 is 5.32 Å². The van der Waals surface area contributed by atoms with Gasteiger partial charge in [0, 0.05) is 17.1 Å². The lowest BCUT2D eigenvalue weighted by molar-refractivity contribution is 0.0936. The molecule has 0 radical (unpaired) electrons. The summed E-state index contributed by atoms with van der Waals surface area (Å²) in [6, 6.07) is 11.8. The number of amides is 3. The van der Waals surface area contributed by atoms with Gasteiger partial charge in [0.05, 0.1) is 0 Å². The summed E-state index contributed by atoms with van der Waals surface area (Å²) in [5, 5.41) is 3.24. The van der Waals surface area contributed by atoms with Crippen molar-refractivity contribution < 1.29 is 14.0 Å². The highest BCUT2D eigenvalue weighted by atomic mass is 35.5. The van der Waals surface area contributed by atoms with E-state index in [1.807, 2.05) is 18.2 Å². The summed E-state index contributed by atoms with van der Waals surface area (Å²) in [7, 11) is 0. The zero-order chi connectivity index (χ0) is 16.7. The van der Waals surface area contributed by atoms with Crippen LogP contribution in [-0.4, -0.2) is 18.5 Å². The van der Waals surface area contributed by atoms with Crippen LogP contribution in [0, 0.1) is 5.82 Å². The van der Waals surface area contributed by atoms with Crippen LogP contribution >= 0.6 is 11.6 Å². The number of urea groups is 1. The lowest BCUT2D eigenvalue weighted by atomic mass is 10.1. The van der Waals surface area contributed by atoms with Crippen molar-refractivity contribution in [1.82, 2.24) is 16.2 Å². The van der Waals surface area contributed by atoms with E-state index in [-0.39, 0.29) is 5.56 Å². The van der Waals surface area contributed by atoms with Crippen LogP contribution in [0.15, 0.2) is 48.5 Å². The summed E-state index contributed by atoms with van der Waals surface area (Å²) in [5.74, 6) is -0.969. The van der Waals surface area contributed by atoms with Crippen molar-refractivity contribution in [3.05, 3.63) is 70.5 Å². The standard InChI is InChI=1S/C16H15ClFN3O2/c17-13-3-1-2-11(10-13)8-9-19-16(23)21-20-15(22)12-4-6-14(18)7-5-12/h1-7,10H,8-9H2,(H,20,22)(H2,19,21,23). The molecule has 0 unspecified atom stereocenters. The van der Waals surface area contributed by atoms with Crippen molar-refractivity contribution in [2.75, 3.05) is 6.54 Å². The van der Waals surface area contributed by atoms with Crippen molar-refractivity contribution in [2.45, 2.75) is 6.42 Å². The number of carbonyl (C=O) groups is 2. The van der Waals surface area contributed by atoms with E-state index < -0.39 is 17.8 Å². The smallest absolute Gasteiger partial charge is 0.333 e. The molecule has 0 spiro atoms. The zero-order valence-electron chi connectivity index (χ0n) is 12.1. The first-order chi connectivity index (χ1) is 11.0. The molecule has 0 atom stereocenters. The van der Waals surface area contributed by atoms with Crippen molar-refractivity contribution in [3.8, 4) is 0 Å². The number of carbonyl (C=O) groups excluding carboxylic acids is 2. The molecular formula is C16H15ClFN3O2. The Hall–Kier alpha value is -2.60. The topological polar surface area (TPSA) is 70.2 Å². The van der Waals surface area contributed by atoms with Gasteiger partial charge in [0.1, 0.15) is 5.82 Å². The summed E-state index contributed by atoms with van der Waals surface area (Å²) in [6.07, 6.45) is 0.611. The lowest BCUT2D eigenvalue weighted by Gasteiger charge is -2.09. The summed E-state index contributed by atoms with van der Waals surface area (Å²) in [4.78, 5) is 23.3. The predicted molar refractivity (Wildman–Crippen MR) is 85.6 cm³/mol. The van der Waals surface area contributed by atoms with E-state index in [9.17, 15) is 14.0 Å². The SMILES string of the molecule is O=C(NCCc1cccc(Cl)c1)NNC(=O)c1ccc(F)cc1. The molecule has 3 N–H and O–H groups in total. The third-order valence-corrected chi connectivity index (χ3v) is 3.22. The minimum atomic E-state index is -0.539. The zero-order valence-corrected chi connectivity index (χ0v) is 12.9. The number of benzene rings is 2. The fraction of sp³-hybridized carbons (Fsp3) is 0.125. The fourth-order valence-corrected chi connectivity index (χ4v) is 2.06. The minimum Gasteiger partial charge on any atom is -0.336 e. The fourth-order valence-electron chi connectivity index (χ4n) is 1.84. The van der Waals surface area contributed by atoms with E-state index >= 15 is 0 Å². The molecule has 2 aromatic carbocycles. The van der Waals surface area contributed by atoms with Gasteiger partial charge in [-0.05, 0) is 48.4 Å². The van der Waals surface area contributed by atoms with Crippen LogP contribution in [0.5, 0.6) is 0 Å². The Morgan fingerprint density at radius 2 is 1.78 bits per heavy atom. The van der Waals surface area contributed by atoms with E-state index in [4.69, 9.17) is 11.6 Å². The van der Waals surface area contributed by atoms with Crippen molar-refractivity contribution in [2.24, 2.45) is 0 Å². The highest BCUT2D eigenvalue weighted by Gasteiger charge is 2.07. The summed E-state index contributed by atoms with van der Waals surface area (Å²) in [5.41, 5.74) is 5.69. The van der Waals surface area contributed by atoms with E-state index in [0.29, 0.717) is 18.0 Å². The molecule has 0 aromatic heterocycles. The Morgan fingerprint density at radius 3 is 2.48 bits per heavy atom. The largest absolute Gasteiger partial charge is 0.336 e. The molecule has 0 fully saturated rings. The van der Waals surface area contributed by atoms with Gasteiger partial charge in [0.2, 0.25) is 0 Å². The number of rotatable bonds is 4. The Balaban J connectivity index is 1.70. The summed E-state index contributed by atoms with van der Waals surface area (Å²) < 4.78 is 12.7. The second-order valence-electron chi connectivity index (χ2n) is 4.72. The normalized spacial score (nSPS) is 10.0. The van der Waals surface area contributed by atoms with Crippen LogP contribution in [0.1, 0.15) is 15.9 Å². The van der Waals surface area contributed by atoms with Crippen molar-refractivity contribution >= 4 is 23.5 Å². The first kappa shape index (κ1) is 16.8. The van der Waals surface area contributed by atoms with E-state index in [2.05, 4.69) is 16.2 Å². The van der Waals surface area contributed by atoms with E-state index in [1.54, 1.807) is 6.07 Å². The summed E-state index contributed by atoms with van der Waals surface area (Å²) in [6.45, 7) is 0.387. The van der Waals surface area contributed by atoms with Crippen molar-refractivity contribution in [1.29, 1.82) is 0 Å². The van der Waals surface area contributed by atoms with Crippen LogP contribution in [0.3, 0.4) is 0 Å². The first-order valence-corrected chi connectivity index (χ1v) is 7.26. The number of hydrazine groups is 1. The molecule has 0 saturated carbocycles. The minimum absolute atomic E-state index is 0.241. The number of hydrogen-bond acceptors (Lipinski definition) is 2. The molecular weight excluding hydrogens is 321 g/mol. The Labute approximate surface area is 137 Å². The first-order valence-electron chi connectivity index (χ1n) is 6.89. The molecule has 0 aliphatic carbocycles. The third-order valence-electron chi connectivity index (χ3n) is 2.98. The Bertz CT molecular complexity index is 692. The lowest BCUT2D eigenvalue weighted by Crippen LogP contribution is -2.47. The molecule has 2 aromatic rings. The number of hydrogen-bond donors (Lipinski definition) is 3. The Morgan fingerprint density at radius 1 is 1.04 bits per heavy atom. The summed E-state index contributed by atoms with van der Waals surface area (Å²) >= 11 is 5.87. The molecule has 0 bridgehead atoms. The van der Waals surface area contributed by atoms with E-state index in [0.717, 1.165) is 5.56 Å². The highest BCUT2D eigenvalue weighted by Crippen LogP contribution is 2.10. The van der Waals surface area contributed by atoms with Crippen molar-refractivity contribution in [3.63, 3.8) is 0 Å². The average Bonchev–Trinajstić information content (AvgIpc) is 2.53. The highest BCUT2D eigenvalue weighted by molar-refractivity contribution is 6.30. The molecule has 2 rings (SSSR count). The molecule has 7 heteroatoms. The van der Waals surface area contributed by atoms with Gasteiger partial charge in [-0.15, -0.1) is 0 Å². The quantitative estimate of drug-likeness (QED) is 0.752. The second kappa shape index (κ2) is 8.14. The molecule has 3 amide bonds. The maximum absolute atomic E-state index is 12.7. The molecule has 120 valence electrons.